The van der Waals surface area contributed by atoms with Crippen molar-refractivity contribution in [1.82, 2.24) is 5.32 Å². The van der Waals surface area contributed by atoms with Gasteiger partial charge in [-0.25, -0.2) is 0 Å². The van der Waals surface area contributed by atoms with Crippen molar-refractivity contribution in [3.05, 3.63) is 23.8 Å². The van der Waals surface area contributed by atoms with E-state index in [1.807, 2.05) is 18.2 Å². The predicted octanol–water partition coefficient (Wildman–Crippen LogP) is 3.15. The van der Waals surface area contributed by atoms with Gasteiger partial charge in [0, 0.05) is 6.04 Å². The second-order valence-corrected chi connectivity index (χ2v) is 4.85. The van der Waals surface area contributed by atoms with E-state index in [4.69, 9.17) is 9.47 Å². The van der Waals surface area contributed by atoms with Crippen molar-refractivity contribution in [2.45, 2.75) is 32.2 Å². The van der Waals surface area contributed by atoms with Crippen LogP contribution in [-0.4, -0.2) is 20.8 Å². The molecule has 0 spiro atoms. The average Bonchev–Trinajstić information content (AvgIpc) is 3.23. The van der Waals surface area contributed by atoms with E-state index >= 15 is 0 Å². The normalized spacial score (nSPS) is 16.4. The Morgan fingerprint density at radius 1 is 1.22 bits per heavy atom. The lowest BCUT2D eigenvalue weighted by Gasteiger charge is -2.23. The summed E-state index contributed by atoms with van der Waals surface area (Å²) in [6.45, 7) is 3.22. The maximum atomic E-state index is 5.51. The molecule has 100 valence electrons. The largest absolute Gasteiger partial charge is 0.496 e. The third-order valence-corrected chi connectivity index (χ3v) is 3.48. The lowest BCUT2D eigenvalue weighted by Crippen LogP contribution is -2.24. The predicted molar refractivity (Wildman–Crippen MR) is 73.3 cm³/mol. The highest BCUT2D eigenvalue weighted by molar-refractivity contribution is 5.47. The zero-order valence-corrected chi connectivity index (χ0v) is 11.5. The number of hydrogen-bond acceptors (Lipinski definition) is 3. The van der Waals surface area contributed by atoms with Gasteiger partial charge in [-0.3, -0.25) is 0 Å². The van der Waals surface area contributed by atoms with Gasteiger partial charge in [-0.2, -0.15) is 0 Å². The van der Waals surface area contributed by atoms with Gasteiger partial charge < -0.3 is 14.8 Å². The maximum Gasteiger partial charge on any atom is 0.127 e. The van der Waals surface area contributed by atoms with E-state index in [1.165, 1.54) is 18.4 Å². The molecule has 0 aromatic heterocycles. The standard InChI is InChI=1S/C15H23NO2/c1-4-10-16-15(11-8-9-11)14-12(17-2)6-5-7-13(14)18-3/h5-7,11,15-16H,4,8-10H2,1-3H3. The summed E-state index contributed by atoms with van der Waals surface area (Å²) in [5, 5.41) is 3.64. The molecule has 3 heteroatoms. The molecule has 2 rings (SSSR count). The monoisotopic (exact) mass is 249 g/mol. The molecule has 1 unspecified atom stereocenters. The Morgan fingerprint density at radius 3 is 2.28 bits per heavy atom. The maximum absolute atomic E-state index is 5.51. The van der Waals surface area contributed by atoms with E-state index in [0.29, 0.717) is 6.04 Å². The molecule has 3 nitrogen and oxygen atoms in total. The molecule has 1 aliphatic carbocycles. The number of methoxy groups -OCH3 is 2. The van der Waals surface area contributed by atoms with E-state index < -0.39 is 0 Å². The van der Waals surface area contributed by atoms with Crippen molar-refractivity contribution in [3.63, 3.8) is 0 Å². The van der Waals surface area contributed by atoms with Crippen molar-refractivity contribution in [2.75, 3.05) is 20.8 Å². The first-order chi connectivity index (χ1) is 8.81. The molecule has 18 heavy (non-hydrogen) atoms. The van der Waals surface area contributed by atoms with Crippen molar-refractivity contribution >= 4 is 0 Å². The van der Waals surface area contributed by atoms with Crippen LogP contribution in [0.4, 0.5) is 0 Å². The van der Waals surface area contributed by atoms with Crippen LogP contribution in [0.5, 0.6) is 11.5 Å². The fraction of sp³-hybridized carbons (Fsp3) is 0.600. The summed E-state index contributed by atoms with van der Waals surface area (Å²) in [6, 6.07) is 6.36. The van der Waals surface area contributed by atoms with Gasteiger partial charge in [-0.15, -0.1) is 0 Å². The van der Waals surface area contributed by atoms with Crippen LogP contribution in [-0.2, 0) is 0 Å². The van der Waals surface area contributed by atoms with Crippen molar-refractivity contribution in [1.29, 1.82) is 0 Å². The summed E-state index contributed by atoms with van der Waals surface area (Å²) >= 11 is 0. The lowest BCUT2D eigenvalue weighted by atomic mass is 9.99. The molecule has 1 fully saturated rings. The summed E-state index contributed by atoms with van der Waals surface area (Å²) in [6.07, 6.45) is 3.73. The van der Waals surface area contributed by atoms with Gasteiger partial charge in [-0.05, 0) is 43.9 Å². The Hall–Kier alpha value is -1.22. The molecule has 0 saturated heterocycles. The van der Waals surface area contributed by atoms with Gasteiger partial charge in [0.2, 0.25) is 0 Å². The van der Waals surface area contributed by atoms with Crippen LogP contribution in [0.3, 0.4) is 0 Å². The highest BCUT2D eigenvalue weighted by Crippen LogP contribution is 2.46. The average molecular weight is 249 g/mol. The molecule has 1 aromatic rings. The molecule has 0 heterocycles. The molecular weight excluding hydrogens is 226 g/mol. The van der Waals surface area contributed by atoms with Crippen LogP contribution in [0.2, 0.25) is 0 Å². The first-order valence-corrected chi connectivity index (χ1v) is 6.76. The molecule has 1 N–H and O–H groups in total. The second-order valence-electron chi connectivity index (χ2n) is 4.85. The fourth-order valence-electron chi connectivity index (χ4n) is 2.42. The zero-order valence-electron chi connectivity index (χ0n) is 11.5. The number of hydrogen-bond donors (Lipinski definition) is 1. The Kier molecular flexibility index (Phi) is 4.48. The van der Waals surface area contributed by atoms with E-state index in [1.54, 1.807) is 14.2 Å². The minimum Gasteiger partial charge on any atom is -0.496 e. The molecule has 1 atom stereocenters. The molecule has 1 saturated carbocycles. The smallest absolute Gasteiger partial charge is 0.127 e. The Labute approximate surface area is 109 Å². The van der Waals surface area contributed by atoms with E-state index in [9.17, 15) is 0 Å². The SMILES string of the molecule is CCCNC(c1c(OC)cccc1OC)C1CC1. The van der Waals surface area contributed by atoms with Crippen LogP contribution in [0, 0.1) is 5.92 Å². The first kappa shape index (κ1) is 13.2. The van der Waals surface area contributed by atoms with Gasteiger partial charge in [0.15, 0.2) is 0 Å². The van der Waals surface area contributed by atoms with Gasteiger partial charge >= 0.3 is 0 Å². The van der Waals surface area contributed by atoms with E-state index in [2.05, 4.69) is 12.2 Å². The minimum atomic E-state index is 0.357. The van der Waals surface area contributed by atoms with Crippen molar-refractivity contribution in [2.24, 2.45) is 5.92 Å². The Morgan fingerprint density at radius 2 is 1.83 bits per heavy atom. The summed E-state index contributed by atoms with van der Waals surface area (Å²) in [5.74, 6) is 2.58. The van der Waals surface area contributed by atoms with Gasteiger partial charge in [0.25, 0.3) is 0 Å². The van der Waals surface area contributed by atoms with Crippen LogP contribution >= 0.6 is 0 Å². The molecule has 0 amide bonds. The van der Waals surface area contributed by atoms with Crippen molar-refractivity contribution < 1.29 is 9.47 Å². The summed E-state index contributed by atoms with van der Waals surface area (Å²) in [7, 11) is 3.45. The Balaban J connectivity index is 2.31. The molecule has 0 bridgehead atoms. The number of ether oxygens (including phenoxy) is 2. The molecular formula is C15H23NO2. The third kappa shape index (κ3) is 2.78. The quantitative estimate of drug-likeness (QED) is 0.805. The topological polar surface area (TPSA) is 30.5 Å². The van der Waals surface area contributed by atoms with Crippen LogP contribution in [0.1, 0.15) is 37.8 Å². The fourth-order valence-corrected chi connectivity index (χ4v) is 2.42. The highest BCUT2D eigenvalue weighted by atomic mass is 16.5. The summed E-state index contributed by atoms with van der Waals surface area (Å²) in [4.78, 5) is 0. The zero-order chi connectivity index (χ0) is 13.0. The van der Waals surface area contributed by atoms with Crippen LogP contribution in [0.15, 0.2) is 18.2 Å². The van der Waals surface area contributed by atoms with Gasteiger partial charge in [0.1, 0.15) is 11.5 Å². The molecule has 0 aliphatic heterocycles. The summed E-state index contributed by atoms with van der Waals surface area (Å²) < 4.78 is 11.0. The lowest BCUT2D eigenvalue weighted by molar-refractivity contribution is 0.361. The highest BCUT2D eigenvalue weighted by Gasteiger charge is 2.35. The third-order valence-electron chi connectivity index (χ3n) is 3.48. The second kappa shape index (κ2) is 6.10. The Bertz CT molecular complexity index is 366. The summed E-state index contributed by atoms with van der Waals surface area (Å²) in [5.41, 5.74) is 1.18. The van der Waals surface area contributed by atoms with Gasteiger partial charge in [0.05, 0.1) is 19.8 Å². The number of nitrogens with one attached hydrogen (secondary N) is 1. The number of rotatable bonds is 7. The number of benzene rings is 1. The van der Waals surface area contributed by atoms with Crippen LogP contribution < -0.4 is 14.8 Å². The molecule has 1 aromatic carbocycles. The first-order valence-electron chi connectivity index (χ1n) is 6.76. The van der Waals surface area contributed by atoms with Crippen molar-refractivity contribution in [3.8, 4) is 11.5 Å². The van der Waals surface area contributed by atoms with E-state index in [-0.39, 0.29) is 0 Å². The molecule has 1 aliphatic rings. The minimum absolute atomic E-state index is 0.357. The van der Waals surface area contributed by atoms with E-state index in [0.717, 1.165) is 30.4 Å². The van der Waals surface area contributed by atoms with Gasteiger partial charge in [-0.1, -0.05) is 13.0 Å². The van der Waals surface area contributed by atoms with Crippen LogP contribution in [0.25, 0.3) is 0 Å². The molecule has 0 radical (unpaired) electrons.